The molecule has 3 aromatic heterocycles. The molecule has 0 saturated carbocycles. The topological polar surface area (TPSA) is 47.2 Å². The molecule has 4 rings (SSSR count). The van der Waals surface area contributed by atoms with Gasteiger partial charge in [-0.3, -0.25) is 4.79 Å². The number of nitrogens with zero attached hydrogens (tertiary/aromatic N) is 3. The molecule has 0 radical (unpaired) electrons. The van der Waals surface area contributed by atoms with Crippen molar-refractivity contribution in [2.45, 2.75) is 25.7 Å². The Balaban J connectivity index is 1.84. The molecule has 6 heteroatoms. The van der Waals surface area contributed by atoms with Crippen molar-refractivity contribution in [2.24, 2.45) is 5.10 Å². The molecule has 0 fully saturated rings. The lowest BCUT2D eigenvalue weighted by molar-refractivity contribution is 0.699. The van der Waals surface area contributed by atoms with Crippen LogP contribution in [0, 0.1) is 0 Å². The van der Waals surface area contributed by atoms with Crippen molar-refractivity contribution < 1.29 is 0 Å². The van der Waals surface area contributed by atoms with E-state index in [0.717, 1.165) is 34.4 Å². The summed E-state index contributed by atoms with van der Waals surface area (Å²) < 4.78 is 1.35. The van der Waals surface area contributed by atoms with Crippen LogP contribution in [-0.2, 0) is 12.8 Å². The first kappa shape index (κ1) is 12.9. The van der Waals surface area contributed by atoms with Crippen LogP contribution in [0.4, 0.5) is 0 Å². The van der Waals surface area contributed by atoms with Crippen LogP contribution < -0.4 is 5.56 Å². The molecule has 0 saturated heterocycles. The van der Waals surface area contributed by atoms with Gasteiger partial charge in [0.25, 0.3) is 5.56 Å². The maximum Gasteiger partial charge on any atom is 0.282 e. The van der Waals surface area contributed by atoms with Gasteiger partial charge in [0.15, 0.2) is 0 Å². The summed E-state index contributed by atoms with van der Waals surface area (Å²) in [5.41, 5.74) is 1.16. The zero-order chi connectivity index (χ0) is 14.2. The van der Waals surface area contributed by atoms with Gasteiger partial charge in [-0.15, -0.1) is 22.7 Å². The molecule has 0 spiro atoms. The Kier molecular flexibility index (Phi) is 3.20. The van der Waals surface area contributed by atoms with E-state index in [-0.39, 0.29) is 5.56 Å². The summed E-state index contributed by atoms with van der Waals surface area (Å²) in [4.78, 5) is 20.3. The minimum Gasteiger partial charge on any atom is -0.267 e. The van der Waals surface area contributed by atoms with Gasteiger partial charge < -0.3 is 0 Å². The fraction of sp³-hybridized carbons (Fsp3) is 0.267. The summed E-state index contributed by atoms with van der Waals surface area (Å²) in [6.07, 6.45) is 7.67. The van der Waals surface area contributed by atoms with Crippen LogP contribution in [0.15, 0.2) is 33.7 Å². The highest BCUT2D eigenvalue weighted by Gasteiger charge is 2.19. The number of hydrogen-bond acceptors (Lipinski definition) is 5. The van der Waals surface area contributed by atoms with Crippen LogP contribution in [0.2, 0.25) is 0 Å². The van der Waals surface area contributed by atoms with Gasteiger partial charge in [0.05, 0.1) is 11.6 Å². The number of rotatable bonds is 2. The van der Waals surface area contributed by atoms with Crippen molar-refractivity contribution in [1.82, 2.24) is 9.66 Å². The Morgan fingerprint density at radius 1 is 1.33 bits per heavy atom. The maximum atomic E-state index is 12.6. The van der Waals surface area contributed by atoms with Gasteiger partial charge in [-0.05, 0) is 42.7 Å². The van der Waals surface area contributed by atoms with Crippen LogP contribution in [0.25, 0.3) is 10.2 Å². The molecule has 3 aromatic rings. The second kappa shape index (κ2) is 5.20. The molecule has 0 atom stereocenters. The van der Waals surface area contributed by atoms with Crippen LogP contribution in [0.5, 0.6) is 0 Å². The fourth-order valence-corrected chi connectivity index (χ4v) is 4.50. The van der Waals surface area contributed by atoms with Crippen LogP contribution in [0.3, 0.4) is 0 Å². The largest absolute Gasteiger partial charge is 0.282 e. The number of aryl methyl sites for hydroxylation is 2. The third-order valence-corrected chi connectivity index (χ3v) is 5.72. The maximum absolute atomic E-state index is 12.6. The van der Waals surface area contributed by atoms with Gasteiger partial charge in [0.2, 0.25) is 0 Å². The summed E-state index contributed by atoms with van der Waals surface area (Å²) in [7, 11) is 0. The summed E-state index contributed by atoms with van der Waals surface area (Å²) in [5.74, 6) is 0. The van der Waals surface area contributed by atoms with E-state index in [4.69, 9.17) is 0 Å². The molecule has 4 nitrogen and oxygen atoms in total. The van der Waals surface area contributed by atoms with E-state index in [1.807, 2.05) is 17.5 Å². The molecule has 0 bridgehead atoms. The Morgan fingerprint density at radius 3 is 3.10 bits per heavy atom. The second-order valence-electron chi connectivity index (χ2n) is 5.05. The minimum absolute atomic E-state index is 0.0489. The van der Waals surface area contributed by atoms with E-state index in [2.05, 4.69) is 10.1 Å². The normalized spacial score (nSPS) is 14.9. The molecular weight excluding hydrogens is 302 g/mol. The van der Waals surface area contributed by atoms with Crippen molar-refractivity contribution in [1.29, 1.82) is 0 Å². The molecule has 3 heterocycles. The fourth-order valence-electron chi connectivity index (χ4n) is 2.70. The molecule has 21 heavy (non-hydrogen) atoms. The van der Waals surface area contributed by atoms with Gasteiger partial charge in [-0.2, -0.15) is 9.78 Å². The predicted octanol–water partition coefficient (Wildman–Crippen LogP) is 3.28. The monoisotopic (exact) mass is 315 g/mol. The quantitative estimate of drug-likeness (QED) is 0.681. The molecule has 1 aliphatic rings. The third-order valence-electron chi connectivity index (χ3n) is 3.71. The summed E-state index contributed by atoms with van der Waals surface area (Å²) >= 11 is 3.26. The van der Waals surface area contributed by atoms with Gasteiger partial charge in [-0.1, -0.05) is 6.07 Å². The summed E-state index contributed by atoms with van der Waals surface area (Å²) in [6.45, 7) is 0. The first-order chi connectivity index (χ1) is 10.3. The first-order valence-electron chi connectivity index (χ1n) is 6.93. The van der Waals surface area contributed by atoms with Gasteiger partial charge >= 0.3 is 0 Å². The highest BCUT2D eigenvalue weighted by molar-refractivity contribution is 7.18. The lowest BCUT2D eigenvalue weighted by Gasteiger charge is -2.09. The molecule has 0 aromatic carbocycles. The first-order valence-corrected chi connectivity index (χ1v) is 8.62. The number of hydrogen-bond donors (Lipinski definition) is 0. The van der Waals surface area contributed by atoms with Crippen molar-refractivity contribution in [2.75, 3.05) is 0 Å². The van der Waals surface area contributed by atoms with Crippen LogP contribution in [-0.4, -0.2) is 15.9 Å². The van der Waals surface area contributed by atoms with E-state index < -0.39 is 0 Å². The molecule has 106 valence electrons. The number of thiophene rings is 2. The predicted molar refractivity (Wildman–Crippen MR) is 87.8 cm³/mol. The van der Waals surface area contributed by atoms with Crippen molar-refractivity contribution in [3.63, 3.8) is 0 Å². The molecule has 0 amide bonds. The summed E-state index contributed by atoms with van der Waals surface area (Å²) in [6, 6.07) is 3.93. The Hall–Kier alpha value is -1.79. The molecule has 0 N–H and O–H groups in total. The number of fused-ring (bicyclic) bond motifs is 3. The molecule has 0 unspecified atom stereocenters. The zero-order valence-corrected chi connectivity index (χ0v) is 12.9. The van der Waals surface area contributed by atoms with Crippen LogP contribution >= 0.6 is 22.7 Å². The zero-order valence-electron chi connectivity index (χ0n) is 11.3. The van der Waals surface area contributed by atoms with E-state index >= 15 is 0 Å². The molecular formula is C15H13N3OS2. The highest BCUT2D eigenvalue weighted by Crippen LogP contribution is 2.33. The van der Waals surface area contributed by atoms with Crippen molar-refractivity contribution in [3.8, 4) is 0 Å². The Labute approximate surface area is 129 Å². The van der Waals surface area contributed by atoms with Gasteiger partial charge in [0.1, 0.15) is 11.2 Å². The average molecular weight is 315 g/mol. The Morgan fingerprint density at radius 2 is 2.24 bits per heavy atom. The SMILES string of the molecule is O=c1c2c3c(sc2ncn1/N=C/c1cccs1)CCCC3. The van der Waals surface area contributed by atoms with Gasteiger partial charge in [0, 0.05) is 9.75 Å². The second-order valence-corrected chi connectivity index (χ2v) is 7.11. The van der Waals surface area contributed by atoms with Crippen molar-refractivity contribution in [3.05, 3.63) is 49.5 Å². The van der Waals surface area contributed by atoms with Crippen LogP contribution in [0.1, 0.15) is 28.2 Å². The average Bonchev–Trinajstić information content (AvgIpc) is 3.13. The van der Waals surface area contributed by atoms with Gasteiger partial charge in [-0.25, -0.2) is 4.98 Å². The molecule has 0 aliphatic heterocycles. The Bertz CT molecular complexity index is 874. The minimum atomic E-state index is -0.0489. The smallest absolute Gasteiger partial charge is 0.267 e. The lowest BCUT2D eigenvalue weighted by Crippen LogP contribution is -2.17. The van der Waals surface area contributed by atoms with Crippen molar-refractivity contribution >= 4 is 39.1 Å². The molecule has 1 aliphatic carbocycles. The third kappa shape index (κ3) is 2.24. The van der Waals surface area contributed by atoms with E-state index in [1.54, 1.807) is 28.9 Å². The van der Waals surface area contributed by atoms with E-state index in [0.29, 0.717) is 0 Å². The highest BCUT2D eigenvalue weighted by atomic mass is 32.1. The van der Waals surface area contributed by atoms with E-state index in [1.165, 1.54) is 27.9 Å². The summed E-state index contributed by atoms with van der Waals surface area (Å²) in [5, 5.41) is 7.02. The lowest BCUT2D eigenvalue weighted by atomic mass is 9.97. The van der Waals surface area contributed by atoms with E-state index in [9.17, 15) is 4.79 Å². The standard InChI is InChI=1S/C15H13N3OS2/c19-15-13-11-5-1-2-6-12(11)21-14(13)16-9-18(15)17-8-10-4-3-7-20-10/h3-4,7-9H,1-2,5-6H2/b17-8+. The number of aromatic nitrogens is 2.